The third-order valence-electron chi connectivity index (χ3n) is 6.31. The van der Waals surface area contributed by atoms with Gasteiger partial charge in [-0.05, 0) is 36.5 Å². The zero-order valence-electron chi connectivity index (χ0n) is 12.4. The Balaban J connectivity index is 2.08. The molecule has 6 heteroatoms. The van der Waals surface area contributed by atoms with E-state index in [0.29, 0.717) is 18.8 Å². The van der Waals surface area contributed by atoms with Crippen LogP contribution in [0.4, 0.5) is 0 Å². The molecule has 6 nitrogen and oxygen atoms in total. The molecule has 4 unspecified atom stereocenters. The van der Waals surface area contributed by atoms with Crippen LogP contribution < -0.4 is 0 Å². The van der Waals surface area contributed by atoms with Gasteiger partial charge in [-0.2, -0.15) is 0 Å². The van der Waals surface area contributed by atoms with E-state index >= 15 is 0 Å². The molecule has 0 bridgehead atoms. The monoisotopic (exact) mass is 310 g/mol. The Hall–Kier alpha value is -1.59. The summed E-state index contributed by atoms with van der Waals surface area (Å²) < 4.78 is 0. The van der Waals surface area contributed by atoms with E-state index < -0.39 is 35.7 Å². The Bertz CT molecular complexity index is 465. The van der Waals surface area contributed by atoms with E-state index in [1.54, 1.807) is 0 Å². The van der Waals surface area contributed by atoms with E-state index in [9.17, 15) is 29.7 Å². The van der Waals surface area contributed by atoms with Crippen LogP contribution in [-0.4, -0.2) is 33.2 Å². The standard InChI is InChI=1S/C16H22O6/c17-14(18)11-8-5-1-3-7-4-2-6-9(10(7)8)12(15(19)20)13(11)16(21)22/h7-13H,1-6H2,(H,17,18)(H,19,20)(H,21,22). The van der Waals surface area contributed by atoms with Crippen LogP contribution in [0.1, 0.15) is 38.5 Å². The number of carboxylic acid groups (broad SMARTS) is 3. The Labute approximate surface area is 128 Å². The van der Waals surface area contributed by atoms with E-state index in [1.165, 1.54) is 0 Å². The zero-order chi connectivity index (χ0) is 16.0. The third kappa shape index (κ3) is 2.20. The van der Waals surface area contributed by atoms with Crippen molar-refractivity contribution < 1.29 is 29.7 Å². The molecule has 3 N–H and O–H groups in total. The second kappa shape index (κ2) is 5.56. The van der Waals surface area contributed by atoms with Crippen molar-refractivity contribution in [2.75, 3.05) is 0 Å². The summed E-state index contributed by atoms with van der Waals surface area (Å²) >= 11 is 0. The highest BCUT2D eigenvalue weighted by Gasteiger charge is 2.60. The van der Waals surface area contributed by atoms with Gasteiger partial charge in [-0.25, -0.2) is 0 Å². The van der Waals surface area contributed by atoms with Gasteiger partial charge in [0.15, 0.2) is 0 Å². The van der Waals surface area contributed by atoms with Crippen molar-refractivity contribution in [1.29, 1.82) is 0 Å². The third-order valence-corrected chi connectivity index (χ3v) is 6.31. The summed E-state index contributed by atoms with van der Waals surface area (Å²) in [6, 6.07) is 0. The van der Waals surface area contributed by atoms with Crippen molar-refractivity contribution >= 4 is 17.9 Å². The molecular formula is C16H22O6. The molecule has 0 saturated heterocycles. The Morgan fingerprint density at radius 2 is 1.05 bits per heavy atom. The van der Waals surface area contributed by atoms with E-state index in [-0.39, 0.29) is 17.8 Å². The molecule has 0 amide bonds. The van der Waals surface area contributed by atoms with Crippen molar-refractivity contribution in [1.82, 2.24) is 0 Å². The first kappa shape index (κ1) is 15.3. The fourth-order valence-electron chi connectivity index (χ4n) is 5.74. The number of rotatable bonds is 3. The average Bonchev–Trinajstić information content (AvgIpc) is 2.46. The smallest absolute Gasteiger partial charge is 0.308 e. The van der Waals surface area contributed by atoms with E-state index in [4.69, 9.17) is 0 Å². The van der Waals surface area contributed by atoms with Crippen LogP contribution in [0.3, 0.4) is 0 Å². The molecule has 0 aromatic heterocycles. The zero-order valence-corrected chi connectivity index (χ0v) is 12.4. The van der Waals surface area contributed by atoms with Gasteiger partial charge < -0.3 is 15.3 Å². The predicted molar refractivity (Wildman–Crippen MR) is 75.0 cm³/mol. The van der Waals surface area contributed by atoms with Crippen LogP contribution in [0.15, 0.2) is 0 Å². The number of hydrogen-bond donors (Lipinski definition) is 3. The summed E-state index contributed by atoms with van der Waals surface area (Å²) in [6.45, 7) is 0. The first-order valence-corrected chi connectivity index (χ1v) is 8.12. The maximum absolute atomic E-state index is 11.8. The molecule has 122 valence electrons. The molecule has 0 aliphatic heterocycles. The molecule has 3 rings (SSSR count). The molecule has 4 atom stereocenters. The first-order valence-electron chi connectivity index (χ1n) is 8.12. The van der Waals surface area contributed by atoms with E-state index in [0.717, 1.165) is 25.7 Å². The van der Waals surface area contributed by atoms with E-state index in [2.05, 4.69) is 0 Å². The van der Waals surface area contributed by atoms with Crippen LogP contribution in [-0.2, 0) is 14.4 Å². The summed E-state index contributed by atoms with van der Waals surface area (Å²) in [4.78, 5) is 35.2. The largest absolute Gasteiger partial charge is 0.481 e. The number of aliphatic carboxylic acids is 3. The summed E-state index contributed by atoms with van der Waals surface area (Å²) in [5.74, 6) is -6.93. The van der Waals surface area contributed by atoms with Gasteiger partial charge >= 0.3 is 17.9 Å². The lowest BCUT2D eigenvalue weighted by molar-refractivity contribution is -0.183. The van der Waals surface area contributed by atoms with Gasteiger partial charge in [0, 0.05) is 0 Å². The fraction of sp³-hybridized carbons (Fsp3) is 0.812. The van der Waals surface area contributed by atoms with Crippen molar-refractivity contribution in [2.24, 2.45) is 41.4 Å². The Morgan fingerprint density at radius 1 is 0.636 bits per heavy atom. The highest BCUT2D eigenvalue weighted by atomic mass is 16.4. The van der Waals surface area contributed by atoms with Crippen LogP contribution >= 0.6 is 0 Å². The lowest BCUT2D eigenvalue weighted by atomic mass is 9.48. The van der Waals surface area contributed by atoms with Gasteiger partial charge in [0.2, 0.25) is 0 Å². The molecule has 0 aromatic rings. The maximum atomic E-state index is 11.8. The molecule has 3 fully saturated rings. The highest BCUT2D eigenvalue weighted by molar-refractivity contribution is 5.86. The predicted octanol–water partition coefficient (Wildman–Crippen LogP) is 1.94. The van der Waals surface area contributed by atoms with Crippen LogP contribution in [0.2, 0.25) is 0 Å². The van der Waals surface area contributed by atoms with E-state index in [1.807, 2.05) is 0 Å². The van der Waals surface area contributed by atoms with Gasteiger partial charge in [-0.3, -0.25) is 14.4 Å². The lowest BCUT2D eigenvalue weighted by Gasteiger charge is -2.55. The Kier molecular flexibility index (Phi) is 3.87. The van der Waals surface area contributed by atoms with Crippen LogP contribution in [0, 0.1) is 41.4 Å². The molecule has 0 radical (unpaired) electrons. The first-order chi connectivity index (χ1) is 10.4. The van der Waals surface area contributed by atoms with Crippen molar-refractivity contribution in [3.63, 3.8) is 0 Å². The minimum absolute atomic E-state index is 0.0697. The topological polar surface area (TPSA) is 112 Å². The van der Waals surface area contributed by atoms with Gasteiger partial charge in [-0.15, -0.1) is 0 Å². The average molecular weight is 310 g/mol. The second-order valence-corrected chi connectivity index (χ2v) is 7.12. The van der Waals surface area contributed by atoms with Gasteiger partial charge in [0.1, 0.15) is 0 Å². The molecular weight excluding hydrogens is 288 g/mol. The number of carboxylic acids is 3. The minimum atomic E-state index is -1.31. The fourth-order valence-corrected chi connectivity index (χ4v) is 5.74. The second-order valence-electron chi connectivity index (χ2n) is 7.12. The van der Waals surface area contributed by atoms with Crippen molar-refractivity contribution in [2.45, 2.75) is 38.5 Å². The van der Waals surface area contributed by atoms with Gasteiger partial charge in [0.25, 0.3) is 0 Å². The van der Waals surface area contributed by atoms with Crippen molar-refractivity contribution in [3.8, 4) is 0 Å². The molecule has 22 heavy (non-hydrogen) atoms. The Morgan fingerprint density at radius 3 is 1.41 bits per heavy atom. The SMILES string of the molecule is O=C(O)C1C2CCCC3CCCC(C(C(=O)O)C1C(=O)O)C32. The lowest BCUT2D eigenvalue weighted by Crippen LogP contribution is -2.57. The van der Waals surface area contributed by atoms with Gasteiger partial charge in [-0.1, -0.05) is 25.7 Å². The summed E-state index contributed by atoms with van der Waals surface area (Å²) in [5.41, 5.74) is 0. The van der Waals surface area contributed by atoms with Crippen LogP contribution in [0.5, 0.6) is 0 Å². The maximum Gasteiger partial charge on any atom is 0.308 e. The molecule has 3 aliphatic rings. The quantitative estimate of drug-likeness (QED) is 0.734. The van der Waals surface area contributed by atoms with Crippen molar-refractivity contribution in [3.05, 3.63) is 0 Å². The number of hydrogen-bond acceptors (Lipinski definition) is 3. The normalized spacial score (nSPS) is 43.9. The summed E-state index contributed by atoms with van der Waals surface area (Å²) in [5, 5.41) is 28.7. The molecule has 3 aliphatic carbocycles. The molecule has 3 saturated carbocycles. The molecule has 0 heterocycles. The van der Waals surface area contributed by atoms with Gasteiger partial charge in [0.05, 0.1) is 17.8 Å². The molecule has 0 aromatic carbocycles. The summed E-state index contributed by atoms with van der Waals surface area (Å²) in [7, 11) is 0. The van der Waals surface area contributed by atoms with Crippen LogP contribution in [0.25, 0.3) is 0 Å². The number of carbonyl (C=O) groups is 3. The highest BCUT2D eigenvalue weighted by Crippen LogP contribution is 2.58. The minimum Gasteiger partial charge on any atom is -0.481 e. The molecule has 0 spiro atoms. The summed E-state index contributed by atoms with van der Waals surface area (Å²) in [6.07, 6.45) is 5.32.